The van der Waals surface area contributed by atoms with Crippen molar-refractivity contribution in [1.82, 2.24) is 0 Å². The molecule has 19 heavy (non-hydrogen) atoms. The lowest BCUT2D eigenvalue weighted by atomic mass is 10.0. The Morgan fingerprint density at radius 1 is 1.21 bits per heavy atom. The van der Waals surface area contributed by atoms with E-state index in [1.807, 2.05) is 12.1 Å². The highest BCUT2D eigenvalue weighted by atomic mass is 79.9. The van der Waals surface area contributed by atoms with Gasteiger partial charge in [0.05, 0.1) is 17.2 Å². The Kier molecular flexibility index (Phi) is 4.74. The first kappa shape index (κ1) is 14.7. The molecule has 2 rings (SSSR count). The van der Waals surface area contributed by atoms with Crippen molar-refractivity contribution in [3.05, 3.63) is 62.0 Å². The van der Waals surface area contributed by atoms with Crippen molar-refractivity contribution >= 4 is 39.1 Å². The summed E-state index contributed by atoms with van der Waals surface area (Å²) in [5.41, 5.74) is 1.28. The van der Waals surface area contributed by atoms with Crippen LogP contribution in [-0.4, -0.2) is 12.2 Å². The Balaban J connectivity index is 2.41. The zero-order valence-electron chi connectivity index (χ0n) is 10.0. The summed E-state index contributed by atoms with van der Waals surface area (Å²) in [6.07, 6.45) is -0.839. The van der Waals surface area contributed by atoms with Gasteiger partial charge in [-0.25, -0.2) is 0 Å². The Morgan fingerprint density at radius 3 is 2.58 bits per heavy atom. The summed E-state index contributed by atoms with van der Waals surface area (Å²) in [5, 5.41) is 11.3. The molecule has 0 bridgehead atoms. The number of ether oxygens (including phenoxy) is 1. The molecule has 0 aliphatic carbocycles. The standard InChI is InChI=1S/C14H11BrCl2O2/c1-19-12-6-5-8(7-11(12)16)14(18)9-3-2-4-10(15)13(9)17/h2-7,14,18H,1H3. The monoisotopic (exact) mass is 360 g/mol. The lowest BCUT2D eigenvalue weighted by molar-refractivity contribution is 0.220. The summed E-state index contributed by atoms with van der Waals surface area (Å²) in [6.45, 7) is 0. The van der Waals surface area contributed by atoms with Crippen LogP contribution in [-0.2, 0) is 0 Å². The van der Waals surface area contributed by atoms with Gasteiger partial charge >= 0.3 is 0 Å². The van der Waals surface area contributed by atoms with Gasteiger partial charge in [-0.1, -0.05) is 41.4 Å². The first-order valence-electron chi connectivity index (χ1n) is 5.50. The van der Waals surface area contributed by atoms with Crippen molar-refractivity contribution in [3.8, 4) is 5.75 Å². The molecule has 0 saturated carbocycles. The van der Waals surface area contributed by atoms with Gasteiger partial charge in [0, 0.05) is 10.0 Å². The number of aliphatic hydroxyl groups is 1. The molecule has 0 aliphatic rings. The molecule has 0 radical (unpaired) electrons. The third-order valence-electron chi connectivity index (χ3n) is 2.77. The van der Waals surface area contributed by atoms with Crippen LogP contribution in [0.4, 0.5) is 0 Å². The van der Waals surface area contributed by atoms with Crippen LogP contribution >= 0.6 is 39.1 Å². The van der Waals surface area contributed by atoms with Gasteiger partial charge in [-0.2, -0.15) is 0 Å². The van der Waals surface area contributed by atoms with E-state index in [9.17, 15) is 5.11 Å². The molecule has 0 heterocycles. The second-order valence-electron chi connectivity index (χ2n) is 3.94. The van der Waals surface area contributed by atoms with Gasteiger partial charge in [-0.15, -0.1) is 0 Å². The van der Waals surface area contributed by atoms with Crippen LogP contribution in [0, 0.1) is 0 Å². The number of halogens is 3. The molecule has 0 amide bonds. The van der Waals surface area contributed by atoms with Crippen molar-refractivity contribution in [2.45, 2.75) is 6.10 Å². The van der Waals surface area contributed by atoms with Gasteiger partial charge in [0.25, 0.3) is 0 Å². The second-order valence-corrected chi connectivity index (χ2v) is 5.58. The largest absolute Gasteiger partial charge is 0.495 e. The highest BCUT2D eigenvalue weighted by Gasteiger charge is 2.16. The van der Waals surface area contributed by atoms with E-state index < -0.39 is 6.10 Å². The minimum atomic E-state index is -0.839. The molecule has 2 aromatic rings. The molecule has 2 aromatic carbocycles. The number of aliphatic hydroxyl groups excluding tert-OH is 1. The second kappa shape index (κ2) is 6.14. The van der Waals surface area contributed by atoms with Gasteiger partial charge in [-0.05, 0) is 39.7 Å². The van der Waals surface area contributed by atoms with Crippen molar-refractivity contribution in [2.24, 2.45) is 0 Å². The predicted octanol–water partition coefficient (Wildman–Crippen LogP) is 4.85. The molecule has 0 spiro atoms. The third-order valence-corrected chi connectivity index (χ3v) is 4.37. The van der Waals surface area contributed by atoms with Crippen LogP contribution in [0.3, 0.4) is 0 Å². The molecular weight excluding hydrogens is 351 g/mol. The van der Waals surface area contributed by atoms with Crippen LogP contribution in [0.2, 0.25) is 10.0 Å². The lowest BCUT2D eigenvalue weighted by Crippen LogP contribution is -2.01. The average molecular weight is 362 g/mol. The maximum atomic E-state index is 10.4. The molecular formula is C14H11BrCl2O2. The number of benzene rings is 2. The van der Waals surface area contributed by atoms with Gasteiger partial charge in [0.15, 0.2) is 0 Å². The minimum Gasteiger partial charge on any atom is -0.495 e. The fourth-order valence-electron chi connectivity index (χ4n) is 1.76. The number of rotatable bonds is 3. The van der Waals surface area contributed by atoms with E-state index >= 15 is 0 Å². The number of hydrogen-bond donors (Lipinski definition) is 1. The molecule has 1 N–H and O–H groups in total. The third kappa shape index (κ3) is 3.06. The van der Waals surface area contributed by atoms with Crippen molar-refractivity contribution in [2.75, 3.05) is 7.11 Å². The molecule has 0 aliphatic heterocycles. The van der Waals surface area contributed by atoms with E-state index in [4.69, 9.17) is 27.9 Å². The molecule has 0 aromatic heterocycles. The molecule has 0 fully saturated rings. The summed E-state index contributed by atoms with van der Waals surface area (Å²) in [5.74, 6) is 0.568. The first-order valence-corrected chi connectivity index (χ1v) is 7.05. The minimum absolute atomic E-state index is 0.449. The van der Waals surface area contributed by atoms with E-state index in [0.29, 0.717) is 26.9 Å². The quantitative estimate of drug-likeness (QED) is 0.846. The predicted molar refractivity (Wildman–Crippen MR) is 81.2 cm³/mol. The highest BCUT2D eigenvalue weighted by Crippen LogP contribution is 2.35. The van der Waals surface area contributed by atoms with Crippen LogP contribution < -0.4 is 4.74 Å². The number of methoxy groups -OCH3 is 1. The van der Waals surface area contributed by atoms with Gasteiger partial charge in [-0.3, -0.25) is 0 Å². The summed E-state index contributed by atoms with van der Waals surface area (Å²) in [6, 6.07) is 10.6. The summed E-state index contributed by atoms with van der Waals surface area (Å²) >= 11 is 15.6. The van der Waals surface area contributed by atoms with E-state index in [-0.39, 0.29) is 0 Å². The number of hydrogen-bond acceptors (Lipinski definition) is 2. The lowest BCUT2D eigenvalue weighted by Gasteiger charge is -2.15. The molecule has 5 heteroatoms. The Labute approximate surface area is 130 Å². The van der Waals surface area contributed by atoms with Crippen molar-refractivity contribution in [1.29, 1.82) is 0 Å². The van der Waals surface area contributed by atoms with Crippen LogP contribution in [0.5, 0.6) is 5.75 Å². The van der Waals surface area contributed by atoms with E-state index in [1.165, 1.54) is 0 Å². The maximum absolute atomic E-state index is 10.4. The molecule has 0 saturated heterocycles. The Morgan fingerprint density at radius 2 is 1.95 bits per heavy atom. The van der Waals surface area contributed by atoms with Crippen LogP contribution in [0.15, 0.2) is 40.9 Å². The summed E-state index contributed by atoms with van der Waals surface area (Å²) in [4.78, 5) is 0. The Hall–Kier alpha value is -0.740. The SMILES string of the molecule is COc1ccc(C(O)c2cccc(Br)c2Cl)cc1Cl. The van der Waals surface area contributed by atoms with Gasteiger partial charge in [0.2, 0.25) is 0 Å². The highest BCUT2D eigenvalue weighted by molar-refractivity contribution is 9.10. The normalized spacial score (nSPS) is 12.3. The van der Waals surface area contributed by atoms with Crippen molar-refractivity contribution in [3.63, 3.8) is 0 Å². The van der Waals surface area contributed by atoms with E-state index in [1.54, 1.807) is 31.4 Å². The topological polar surface area (TPSA) is 29.5 Å². The fourth-order valence-corrected chi connectivity index (χ4v) is 2.64. The van der Waals surface area contributed by atoms with E-state index in [2.05, 4.69) is 15.9 Å². The summed E-state index contributed by atoms with van der Waals surface area (Å²) in [7, 11) is 1.54. The van der Waals surface area contributed by atoms with Gasteiger partial charge < -0.3 is 9.84 Å². The summed E-state index contributed by atoms with van der Waals surface area (Å²) < 4.78 is 5.82. The van der Waals surface area contributed by atoms with E-state index in [0.717, 1.165) is 4.47 Å². The molecule has 1 unspecified atom stereocenters. The smallest absolute Gasteiger partial charge is 0.137 e. The molecule has 100 valence electrons. The van der Waals surface area contributed by atoms with Crippen molar-refractivity contribution < 1.29 is 9.84 Å². The van der Waals surface area contributed by atoms with Crippen LogP contribution in [0.25, 0.3) is 0 Å². The Bertz CT molecular complexity index is 602. The van der Waals surface area contributed by atoms with Gasteiger partial charge in [0.1, 0.15) is 11.9 Å². The zero-order chi connectivity index (χ0) is 14.0. The molecule has 2 nitrogen and oxygen atoms in total. The average Bonchev–Trinajstić information content (AvgIpc) is 2.41. The fraction of sp³-hybridized carbons (Fsp3) is 0.143. The maximum Gasteiger partial charge on any atom is 0.137 e. The van der Waals surface area contributed by atoms with Crippen LogP contribution in [0.1, 0.15) is 17.2 Å². The first-order chi connectivity index (χ1) is 9.04. The zero-order valence-corrected chi connectivity index (χ0v) is 13.1. The molecule has 1 atom stereocenters.